The average Bonchev–Trinajstić information content (AvgIpc) is 3.07. The number of hydrogen-bond acceptors (Lipinski definition) is 3. The fraction of sp³-hybridized carbons (Fsp3) is 0.158. The van der Waals surface area contributed by atoms with Crippen LogP contribution in [0.2, 0.25) is 0 Å². The Labute approximate surface area is 155 Å². The molecule has 0 aliphatic rings. The molecule has 128 valence electrons. The number of anilines is 2. The van der Waals surface area contributed by atoms with Crippen molar-refractivity contribution < 1.29 is 4.79 Å². The van der Waals surface area contributed by atoms with Gasteiger partial charge in [0, 0.05) is 36.7 Å². The Bertz CT molecular complexity index is 873. The summed E-state index contributed by atoms with van der Waals surface area (Å²) in [5, 5.41) is 7.17. The Kier molecular flexibility index (Phi) is 5.19. The van der Waals surface area contributed by atoms with Gasteiger partial charge in [-0.05, 0) is 65.3 Å². The fourth-order valence-electron chi connectivity index (χ4n) is 2.41. The van der Waals surface area contributed by atoms with E-state index in [-0.39, 0.29) is 5.91 Å². The largest absolute Gasteiger partial charge is 0.375 e. The lowest BCUT2D eigenvalue weighted by Gasteiger charge is -2.17. The molecule has 0 spiro atoms. The zero-order valence-electron chi connectivity index (χ0n) is 14.1. The van der Waals surface area contributed by atoms with Gasteiger partial charge in [-0.15, -0.1) is 0 Å². The first-order valence-corrected chi connectivity index (χ1v) is 8.79. The Morgan fingerprint density at radius 2 is 2.00 bits per heavy atom. The predicted octanol–water partition coefficient (Wildman–Crippen LogP) is 4.34. The van der Waals surface area contributed by atoms with Gasteiger partial charge in [0.2, 0.25) is 0 Å². The molecule has 1 heterocycles. The molecule has 1 amide bonds. The summed E-state index contributed by atoms with van der Waals surface area (Å²) in [7, 11) is 2.02. The van der Waals surface area contributed by atoms with Crippen LogP contribution in [-0.4, -0.2) is 29.3 Å². The van der Waals surface area contributed by atoms with Crippen LogP contribution in [0.5, 0.6) is 0 Å². The molecule has 3 rings (SSSR count). The zero-order chi connectivity index (χ0) is 17.8. The summed E-state index contributed by atoms with van der Waals surface area (Å²) in [6, 6.07) is 15.2. The molecular formula is C19H19BrN4O. The van der Waals surface area contributed by atoms with Gasteiger partial charge < -0.3 is 10.2 Å². The number of amides is 1. The highest BCUT2D eigenvalue weighted by Gasteiger charge is 2.08. The smallest absolute Gasteiger partial charge is 0.255 e. The molecule has 1 aromatic heterocycles. The Morgan fingerprint density at radius 1 is 1.24 bits per heavy atom. The molecule has 6 heteroatoms. The van der Waals surface area contributed by atoms with E-state index in [0.717, 1.165) is 28.1 Å². The lowest BCUT2D eigenvalue weighted by molar-refractivity contribution is 0.102. The van der Waals surface area contributed by atoms with Crippen LogP contribution in [0.15, 0.2) is 65.4 Å². The highest BCUT2D eigenvalue weighted by molar-refractivity contribution is 9.10. The van der Waals surface area contributed by atoms with Crippen molar-refractivity contribution in [3.63, 3.8) is 0 Å². The molecular weight excluding hydrogens is 380 g/mol. The molecule has 0 saturated carbocycles. The second-order valence-corrected chi connectivity index (χ2v) is 6.58. The molecule has 0 saturated heterocycles. The van der Waals surface area contributed by atoms with Gasteiger partial charge in [-0.3, -0.25) is 4.79 Å². The summed E-state index contributed by atoms with van der Waals surface area (Å²) in [5.41, 5.74) is 3.35. The van der Waals surface area contributed by atoms with E-state index in [1.807, 2.05) is 49.6 Å². The van der Waals surface area contributed by atoms with E-state index < -0.39 is 0 Å². The summed E-state index contributed by atoms with van der Waals surface area (Å²) < 4.78 is 2.65. The van der Waals surface area contributed by atoms with Crippen LogP contribution in [0.4, 0.5) is 11.4 Å². The van der Waals surface area contributed by atoms with Gasteiger partial charge in [-0.25, -0.2) is 4.68 Å². The van der Waals surface area contributed by atoms with Crippen LogP contribution in [0, 0.1) is 0 Å². The number of carbonyl (C=O) groups excluding carboxylic acids is 1. The van der Waals surface area contributed by atoms with Gasteiger partial charge in [0.1, 0.15) is 0 Å². The van der Waals surface area contributed by atoms with Crippen LogP contribution in [0.1, 0.15) is 17.3 Å². The maximum Gasteiger partial charge on any atom is 0.255 e. The van der Waals surface area contributed by atoms with Gasteiger partial charge in [-0.1, -0.05) is 6.07 Å². The molecule has 3 aromatic rings. The monoisotopic (exact) mass is 398 g/mol. The number of rotatable bonds is 5. The van der Waals surface area contributed by atoms with Crippen molar-refractivity contribution in [3.05, 3.63) is 71.0 Å². The molecule has 0 radical (unpaired) electrons. The number of halogens is 1. The minimum atomic E-state index is -0.135. The summed E-state index contributed by atoms with van der Waals surface area (Å²) in [6.07, 6.45) is 3.59. The minimum Gasteiger partial charge on any atom is -0.375 e. The lowest BCUT2D eigenvalue weighted by atomic mass is 10.2. The van der Waals surface area contributed by atoms with Crippen LogP contribution >= 0.6 is 15.9 Å². The number of aromatic nitrogens is 2. The van der Waals surface area contributed by atoms with Gasteiger partial charge >= 0.3 is 0 Å². The standard InChI is InChI=1S/C19H19BrN4O/c1-3-23(2)18-6-4-5-16(11-18)22-19(25)14-7-9-17(10-8-14)24-13-15(20)12-21-24/h4-13H,3H2,1-2H3,(H,22,25). The predicted molar refractivity (Wildman–Crippen MR) is 105 cm³/mol. The Balaban J connectivity index is 1.73. The van der Waals surface area contributed by atoms with Gasteiger partial charge in [0.15, 0.2) is 0 Å². The summed E-state index contributed by atoms with van der Waals surface area (Å²) in [4.78, 5) is 14.6. The maximum absolute atomic E-state index is 12.5. The summed E-state index contributed by atoms with van der Waals surface area (Å²) >= 11 is 3.37. The molecule has 1 N–H and O–H groups in total. The highest BCUT2D eigenvalue weighted by Crippen LogP contribution is 2.19. The van der Waals surface area contributed by atoms with Crippen molar-refractivity contribution in [2.75, 3.05) is 23.8 Å². The first-order chi connectivity index (χ1) is 12.1. The van der Waals surface area contributed by atoms with Gasteiger partial charge in [-0.2, -0.15) is 5.10 Å². The molecule has 0 aliphatic carbocycles. The van der Waals surface area contributed by atoms with Crippen LogP contribution in [0.3, 0.4) is 0 Å². The second-order valence-electron chi connectivity index (χ2n) is 5.67. The summed E-state index contributed by atoms with van der Waals surface area (Å²) in [6.45, 7) is 2.99. The quantitative estimate of drug-likeness (QED) is 0.694. The van der Waals surface area contributed by atoms with Gasteiger partial charge in [0.05, 0.1) is 16.4 Å². The fourth-order valence-corrected chi connectivity index (χ4v) is 2.70. The third-order valence-corrected chi connectivity index (χ3v) is 4.37. The lowest BCUT2D eigenvalue weighted by Crippen LogP contribution is -2.16. The van der Waals surface area contributed by atoms with E-state index in [2.05, 4.69) is 38.2 Å². The van der Waals surface area contributed by atoms with E-state index in [1.54, 1.807) is 23.0 Å². The van der Waals surface area contributed by atoms with E-state index in [4.69, 9.17) is 0 Å². The van der Waals surface area contributed by atoms with E-state index in [9.17, 15) is 4.79 Å². The van der Waals surface area contributed by atoms with Crippen molar-refractivity contribution in [3.8, 4) is 5.69 Å². The Hall–Kier alpha value is -2.60. The number of carbonyl (C=O) groups is 1. The van der Waals surface area contributed by atoms with Crippen molar-refractivity contribution in [2.45, 2.75) is 6.92 Å². The normalized spacial score (nSPS) is 10.5. The van der Waals surface area contributed by atoms with Crippen molar-refractivity contribution in [2.24, 2.45) is 0 Å². The van der Waals surface area contributed by atoms with E-state index in [1.165, 1.54) is 0 Å². The number of hydrogen-bond donors (Lipinski definition) is 1. The number of benzene rings is 2. The third-order valence-electron chi connectivity index (χ3n) is 3.96. The first-order valence-electron chi connectivity index (χ1n) is 8.00. The summed E-state index contributed by atoms with van der Waals surface area (Å²) in [5.74, 6) is -0.135. The molecule has 0 bridgehead atoms. The van der Waals surface area contributed by atoms with Gasteiger partial charge in [0.25, 0.3) is 5.91 Å². The molecule has 0 fully saturated rings. The van der Waals surface area contributed by atoms with Crippen molar-refractivity contribution >= 4 is 33.2 Å². The molecule has 25 heavy (non-hydrogen) atoms. The third kappa shape index (κ3) is 4.09. The SMILES string of the molecule is CCN(C)c1cccc(NC(=O)c2ccc(-n3cc(Br)cn3)cc2)c1. The second kappa shape index (κ2) is 7.53. The highest BCUT2D eigenvalue weighted by atomic mass is 79.9. The zero-order valence-corrected chi connectivity index (χ0v) is 15.7. The van der Waals surface area contributed by atoms with Crippen molar-refractivity contribution in [1.29, 1.82) is 0 Å². The molecule has 0 unspecified atom stereocenters. The molecule has 2 aromatic carbocycles. The van der Waals surface area contributed by atoms with Crippen LogP contribution in [0.25, 0.3) is 5.69 Å². The van der Waals surface area contributed by atoms with Crippen LogP contribution < -0.4 is 10.2 Å². The average molecular weight is 399 g/mol. The Morgan fingerprint density at radius 3 is 2.64 bits per heavy atom. The van der Waals surface area contributed by atoms with E-state index >= 15 is 0 Å². The molecule has 0 atom stereocenters. The number of nitrogens with one attached hydrogen (secondary N) is 1. The molecule has 0 aliphatic heterocycles. The minimum absolute atomic E-state index is 0.135. The van der Waals surface area contributed by atoms with E-state index in [0.29, 0.717) is 5.56 Å². The topological polar surface area (TPSA) is 50.2 Å². The molecule has 5 nitrogen and oxygen atoms in total. The number of nitrogens with zero attached hydrogens (tertiary/aromatic N) is 3. The van der Waals surface area contributed by atoms with Crippen molar-refractivity contribution in [1.82, 2.24) is 9.78 Å². The first kappa shape index (κ1) is 17.2. The maximum atomic E-state index is 12.5. The van der Waals surface area contributed by atoms with Crippen LogP contribution in [-0.2, 0) is 0 Å².